The molecule has 11 nitrogen and oxygen atoms in total. The van der Waals surface area contributed by atoms with Gasteiger partial charge in [0.25, 0.3) is 0 Å². The van der Waals surface area contributed by atoms with Gasteiger partial charge in [0.2, 0.25) is 5.91 Å². The Morgan fingerprint density at radius 2 is 1.39 bits per heavy atom. The van der Waals surface area contributed by atoms with Gasteiger partial charge < -0.3 is 31.3 Å². The molecular formula is C20H33N3O8. The van der Waals surface area contributed by atoms with Gasteiger partial charge in [-0.2, -0.15) is 0 Å². The summed E-state index contributed by atoms with van der Waals surface area (Å²) in [5, 5.41) is 34.1. The lowest BCUT2D eigenvalue weighted by atomic mass is 9.82. The second-order valence-corrected chi connectivity index (χ2v) is 8.08. The van der Waals surface area contributed by atoms with Crippen LogP contribution in [0.2, 0.25) is 0 Å². The molecule has 0 spiro atoms. The Labute approximate surface area is 181 Å². The lowest BCUT2D eigenvalue weighted by Crippen LogP contribution is -2.51. The van der Waals surface area contributed by atoms with Gasteiger partial charge in [-0.3, -0.25) is 9.59 Å². The first-order valence-corrected chi connectivity index (χ1v) is 10.6. The molecule has 0 radical (unpaired) electrons. The van der Waals surface area contributed by atoms with Crippen molar-refractivity contribution in [2.24, 2.45) is 11.8 Å². The molecule has 3 amide bonds. The first-order chi connectivity index (χ1) is 14.6. The number of aliphatic carboxylic acids is 3. The third-order valence-electron chi connectivity index (χ3n) is 5.46. The number of carbonyl (C=O) groups is 5. The second kappa shape index (κ2) is 13.5. The monoisotopic (exact) mass is 443 g/mol. The van der Waals surface area contributed by atoms with E-state index in [1.807, 2.05) is 0 Å². The van der Waals surface area contributed by atoms with Gasteiger partial charge in [0.15, 0.2) is 0 Å². The molecule has 0 aliphatic heterocycles. The van der Waals surface area contributed by atoms with Gasteiger partial charge in [0, 0.05) is 18.9 Å². The van der Waals surface area contributed by atoms with E-state index in [-0.39, 0.29) is 24.7 Å². The number of hydrogen-bond acceptors (Lipinski definition) is 5. The van der Waals surface area contributed by atoms with E-state index in [1.165, 1.54) is 0 Å². The summed E-state index contributed by atoms with van der Waals surface area (Å²) in [6, 6.07) is -3.67. The van der Waals surface area contributed by atoms with Gasteiger partial charge in [0.05, 0.1) is 0 Å². The average Bonchev–Trinajstić information content (AvgIpc) is 2.69. The standard InChI is InChI=1S/C20H33N3O8/c1-12-5-7-13(8-6-12)17(26)21-11-3-2-4-14(18(27)28)22-20(31)23-15(19(29)30)9-10-16(24)25/h12-15H,2-11H2,1H3,(H,21,26)(H,24,25)(H,27,28)(H,29,30)(H2,22,23,31)/t12?,13?,14-,15-/m0/s1. The Bertz CT molecular complexity index is 646. The summed E-state index contributed by atoms with van der Waals surface area (Å²) in [5.41, 5.74) is 0. The molecule has 0 saturated heterocycles. The van der Waals surface area contributed by atoms with Crippen molar-refractivity contribution in [3.63, 3.8) is 0 Å². The van der Waals surface area contributed by atoms with Crippen molar-refractivity contribution in [3.8, 4) is 0 Å². The first-order valence-electron chi connectivity index (χ1n) is 10.6. The summed E-state index contributed by atoms with van der Waals surface area (Å²) in [7, 11) is 0. The number of rotatable bonds is 13. The molecule has 1 rings (SSSR count). The first kappa shape index (κ1) is 26.2. The Kier molecular flexibility index (Phi) is 11.4. The number of urea groups is 1. The fourth-order valence-corrected chi connectivity index (χ4v) is 3.49. The Balaban J connectivity index is 2.34. The lowest BCUT2D eigenvalue weighted by molar-refractivity contribution is -0.140. The Hall–Kier alpha value is -2.85. The largest absolute Gasteiger partial charge is 0.481 e. The molecule has 0 bridgehead atoms. The van der Waals surface area contributed by atoms with Crippen molar-refractivity contribution in [1.29, 1.82) is 0 Å². The number of hydrogen-bond donors (Lipinski definition) is 6. The number of unbranched alkanes of at least 4 members (excludes halogenated alkanes) is 1. The maximum atomic E-state index is 12.2. The lowest BCUT2D eigenvalue weighted by Gasteiger charge is -2.25. The fraction of sp³-hybridized carbons (Fsp3) is 0.750. The molecule has 1 saturated carbocycles. The highest BCUT2D eigenvalue weighted by Crippen LogP contribution is 2.28. The van der Waals surface area contributed by atoms with E-state index in [0.717, 1.165) is 25.7 Å². The summed E-state index contributed by atoms with van der Waals surface area (Å²) in [4.78, 5) is 57.1. The van der Waals surface area contributed by atoms with Gasteiger partial charge in [-0.05, 0) is 57.3 Å². The molecule has 6 N–H and O–H groups in total. The number of nitrogens with one attached hydrogen (secondary N) is 3. The van der Waals surface area contributed by atoms with Crippen molar-refractivity contribution in [2.45, 2.75) is 76.8 Å². The Morgan fingerprint density at radius 1 is 0.839 bits per heavy atom. The molecule has 1 fully saturated rings. The number of carbonyl (C=O) groups excluding carboxylic acids is 2. The highest BCUT2D eigenvalue weighted by atomic mass is 16.4. The van der Waals surface area contributed by atoms with E-state index in [2.05, 4.69) is 22.9 Å². The SMILES string of the molecule is CC1CCC(C(=O)NCCCC[C@H](NC(=O)N[C@@H](CCC(=O)O)C(=O)O)C(=O)O)CC1. The minimum Gasteiger partial charge on any atom is -0.481 e. The van der Waals surface area contributed by atoms with E-state index in [1.54, 1.807) is 0 Å². The maximum Gasteiger partial charge on any atom is 0.326 e. The van der Waals surface area contributed by atoms with Gasteiger partial charge in [-0.1, -0.05) is 6.92 Å². The minimum absolute atomic E-state index is 0.0280. The zero-order chi connectivity index (χ0) is 23.4. The molecule has 0 aromatic carbocycles. The summed E-state index contributed by atoms with van der Waals surface area (Å²) in [5.74, 6) is -3.16. The van der Waals surface area contributed by atoms with E-state index in [0.29, 0.717) is 25.3 Å². The number of amides is 3. The summed E-state index contributed by atoms with van der Waals surface area (Å²) < 4.78 is 0. The maximum absolute atomic E-state index is 12.2. The summed E-state index contributed by atoms with van der Waals surface area (Å²) >= 11 is 0. The van der Waals surface area contributed by atoms with Crippen LogP contribution in [-0.2, 0) is 19.2 Å². The predicted octanol–water partition coefficient (Wildman–Crippen LogP) is 1.17. The average molecular weight is 443 g/mol. The van der Waals surface area contributed by atoms with Crippen LogP contribution in [0.5, 0.6) is 0 Å². The van der Waals surface area contributed by atoms with Crippen molar-refractivity contribution < 1.29 is 39.3 Å². The van der Waals surface area contributed by atoms with Crippen LogP contribution in [0, 0.1) is 11.8 Å². The van der Waals surface area contributed by atoms with Crippen molar-refractivity contribution >= 4 is 29.8 Å². The van der Waals surface area contributed by atoms with Crippen LogP contribution in [-0.4, -0.2) is 63.8 Å². The zero-order valence-corrected chi connectivity index (χ0v) is 17.8. The molecule has 0 heterocycles. The van der Waals surface area contributed by atoms with Crippen molar-refractivity contribution in [3.05, 3.63) is 0 Å². The predicted molar refractivity (Wildman–Crippen MR) is 109 cm³/mol. The van der Waals surface area contributed by atoms with Crippen LogP contribution in [0.15, 0.2) is 0 Å². The van der Waals surface area contributed by atoms with Gasteiger partial charge in [0.1, 0.15) is 12.1 Å². The van der Waals surface area contributed by atoms with Crippen LogP contribution in [0.4, 0.5) is 4.79 Å². The third kappa shape index (κ3) is 10.7. The second-order valence-electron chi connectivity index (χ2n) is 8.08. The van der Waals surface area contributed by atoms with Crippen LogP contribution in [0.1, 0.15) is 64.7 Å². The molecule has 0 aromatic heterocycles. The molecule has 0 unspecified atom stereocenters. The molecule has 0 aromatic rings. The molecule has 1 aliphatic rings. The van der Waals surface area contributed by atoms with Crippen LogP contribution >= 0.6 is 0 Å². The number of carboxylic acids is 3. The molecule has 31 heavy (non-hydrogen) atoms. The summed E-state index contributed by atoms with van der Waals surface area (Å²) in [6.07, 6.45) is 4.16. The smallest absolute Gasteiger partial charge is 0.326 e. The van der Waals surface area contributed by atoms with E-state index < -0.39 is 42.4 Å². The van der Waals surface area contributed by atoms with Crippen LogP contribution < -0.4 is 16.0 Å². The van der Waals surface area contributed by atoms with Gasteiger partial charge >= 0.3 is 23.9 Å². The quantitative estimate of drug-likeness (QED) is 0.229. The fourth-order valence-electron chi connectivity index (χ4n) is 3.49. The topological polar surface area (TPSA) is 182 Å². The zero-order valence-electron chi connectivity index (χ0n) is 17.8. The molecule has 11 heteroatoms. The minimum atomic E-state index is -1.44. The highest BCUT2D eigenvalue weighted by molar-refractivity contribution is 5.86. The highest BCUT2D eigenvalue weighted by Gasteiger charge is 2.25. The normalized spacial score (nSPS) is 20.2. The molecule has 176 valence electrons. The van der Waals surface area contributed by atoms with E-state index in [9.17, 15) is 29.1 Å². The van der Waals surface area contributed by atoms with Gasteiger partial charge in [-0.25, -0.2) is 14.4 Å². The van der Waals surface area contributed by atoms with Crippen LogP contribution in [0.25, 0.3) is 0 Å². The van der Waals surface area contributed by atoms with Crippen molar-refractivity contribution in [1.82, 2.24) is 16.0 Å². The molecule has 2 atom stereocenters. The van der Waals surface area contributed by atoms with E-state index >= 15 is 0 Å². The summed E-state index contributed by atoms with van der Waals surface area (Å²) in [6.45, 7) is 2.60. The van der Waals surface area contributed by atoms with Crippen molar-refractivity contribution in [2.75, 3.05) is 6.54 Å². The molecular weight excluding hydrogens is 410 g/mol. The number of carboxylic acid groups (broad SMARTS) is 3. The Morgan fingerprint density at radius 3 is 1.90 bits per heavy atom. The van der Waals surface area contributed by atoms with Gasteiger partial charge in [-0.15, -0.1) is 0 Å². The van der Waals surface area contributed by atoms with E-state index in [4.69, 9.17) is 10.2 Å². The van der Waals surface area contributed by atoms with Crippen LogP contribution in [0.3, 0.4) is 0 Å². The third-order valence-corrected chi connectivity index (χ3v) is 5.46. The molecule has 1 aliphatic carbocycles.